The minimum atomic E-state index is 0.0343. The minimum Gasteiger partial charge on any atom is -0.238 e. The van der Waals surface area contributed by atoms with E-state index in [-0.39, 0.29) is 11.8 Å². The molecule has 0 saturated carbocycles. The molecule has 12 aromatic carbocycles. The summed E-state index contributed by atoms with van der Waals surface area (Å²) < 4.78 is 0. The van der Waals surface area contributed by atoms with E-state index in [1.165, 1.54) is 16.2 Å². The molecule has 0 aromatic heterocycles. The first kappa shape index (κ1) is 37.2. The largest absolute Gasteiger partial charge is 0.238 e. The molecule has 0 saturated heterocycles. The van der Waals surface area contributed by atoms with Crippen molar-refractivity contribution >= 4 is 108 Å². The number of fused-ring (bicyclic) bond motifs is 11. The van der Waals surface area contributed by atoms with Crippen LogP contribution in [0.2, 0.25) is 0 Å². The molecule has 4 nitrogen and oxygen atoms in total. The summed E-state index contributed by atoms with van der Waals surface area (Å²) >= 11 is 0. The molecular weight excluding hydrogens is 777 g/mol. The van der Waals surface area contributed by atoms with Gasteiger partial charge in [0.05, 0.1) is 36.4 Å². The second kappa shape index (κ2) is 13.5. The Kier molecular flexibility index (Phi) is 7.84. The number of hydrogen-bond donors (Lipinski definition) is 0. The molecule has 0 bridgehead atoms. The molecule has 0 atom stereocenters. The van der Waals surface area contributed by atoms with Crippen LogP contribution in [0.4, 0.5) is 11.4 Å². The number of rotatable bonds is 4. The van der Waals surface area contributed by atoms with Gasteiger partial charge in [0.1, 0.15) is 0 Å². The van der Waals surface area contributed by atoms with Gasteiger partial charge >= 0.3 is 0 Å². The van der Waals surface area contributed by atoms with Gasteiger partial charge in [0, 0.05) is 0 Å². The Morgan fingerprint density at radius 3 is 1.28 bits per heavy atom. The maximum absolute atomic E-state index is 11.1. The molecule has 0 aliphatic heterocycles. The van der Waals surface area contributed by atoms with Crippen LogP contribution < -0.4 is 0 Å². The lowest BCUT2D eigenvalue weighted by Crippen LogP contribution is -1.97. The van der Waals surface area contributed by atoms with Crippen molar-refractivity contribution in [1.82, 2.24) is 0 Å². The lowest BCUT2D eigenvalue weighted by atomic mass is 9.82. The van der Waals surface area contributed by atoms with Gasteiger partial charge in [-0.15, -0.1) is 0 Å². The number of nitriles is 2. The molecule has 0 unspecified atom stereocenters. The van der Waals surface area contributed by atoms with Crippen LogP contribution >= 0.6 is 0 Å². The Labute approximate surface area is 369 Å². The van der Waals surface area contributed by atoms with Crippen LogP contribution in [0.5, 0.6) is 0 Å². The molecule has 0 radical (unpaired) electrons. The van der Waals surface area contributed by atoms with Crippen LogP contribution in [-0.2, 0) is 0 Å². The number of nitrogens with zero attached hydrogens (tertiary/aromatic N) is 4. The summed E-state index contributed by atoms with van der Waals surface area (Å²) in [6.45, 7) is 25.1. The van der Waals surface area contributed by atoms with Crippen molar-refractivity contribution in [1.29, 1.82) is 10.5 Å². The van der Waals surface area contributed by atoms with Crippen molar-refractivity contribution in [3.63, 3.8) is 0 Å². The Bertz CT molecular complexity index is 4240. The normalized spacial score (nSPS) is 12.0. The molecule has 0 heterocycles. The summed E-state index contributed by atoms with van der Waals surface area (Å²) in [6, 6.07) is 52.2. The van der Waals surface area contributed by atoms with Gasteiger partial charge in [0.15, 0.2) is 11.4 Å². The minimum absolute atomic E-state index is 0.0343. The highest BCUT2D eigenvalue weighted by molar-refractivity contribution is 6.44. The third-order valence-corrected chi connectivity index (χ3v) is 13.9. The van der Waals surface area contributed by atoms with Gasteiger partial charge in [0.2, 0.25) is 0 Å². The van der Waals surface area contributed by atoms with E-state index in [2.05, 4.69) is 159 Å². The number of hydrogen-bond acceptors (Lipinski definition) is 2. The summed E-state index contributed by atoms with van der Waals surface area (Å²) in [5, 5.41) is 41.8. The zero-order chi connectivity index (χ0) is 43.7. The third-order valence-electron chi connectivity index (χ3n) is 13.9. The van der Waals surface area contributed by atoms with E-state index in [9.17, 15) is 10.5 Å². The fraction of sp³-hybridized carbons (Fsp3) is 0.100. The Morgan fingerprint density at radius 1 is 0.391 bits per heavy atom. The summed E-state index contributed by atoms with van der Waals surface area (Å²) in [6.07, 6.45) is 0. The highest BCUT2D eigenvalue weighted by Gasteiger charge is 2.29. The van der Waals surface area contributed by atoms with Crippen LogP contribution in [0.25, 0.3) is 129 Å². The van der Waals surface area contributed by atoms with E-state index >= 15 is 0 Å². The molecule has 0 N–H and O–H groups in total. The SMILES string of the molecule is [C-]#[N+]c1cc(-c2c3cc4c(cc3c(-c3cc([N+]#[C-])c(C(C)C)cc3C#N)c3c5cc6ccccc6c6cccc(c23)c65)c2cccc3c5ccccc5cc4c32)c(C#N)cc1C(C)C. The Morgan fingerprint density at radius 2 is 0.797 bits per heavy atom. The van der Waals surface area contributed by atoms with Gasteiger partial charge in [-0.1, -0.05) is 125 Å². The maximum Gasteiger partial charge on any atom is 0.191 e. The van der Waals surface area contributed by atoms with E-state index in [4.69, 9.17) is 13.1 Å². The summed E-state index contributed by atoms with van der Waals surface area (Å²) in [7, 11) is 0. The molecule has 0 spiro atoms. The van der Waals surface area contributed by atoms with Gasteiger partial charge in [0.25, 0.3) is 0 Å². The predicted octanol–water partition coefficient (Wildman–Crippen LogP) is 17.4. The van der Waals surface area contributed by atoms with E-state index in [0.717, 1.165) is 103 Å². The first-order valence-electron chi connectivity index (χ1n) is 21.7. The molecule has 0 aliphatic carbocycles. The molecule has 4 heteroatoms. The first-order valence-corrected chi connectivity index (χ1v) is 21.7. The van der Waals surface area contributed by atoms with Gasteiger partial charge < -0.3 is 0 Å². The maximum atomic E-state index is 11.1. The molecule has 0 fully saturated rings. The summed E-state index contributed by atoms with van der Waals surface area (Å²) in [4.78, 5) is 8.18. The molecule has 0 aliphatic rings. The number of benzene rings is 10. The van der Waals surface area contributed by atoms with Crippen molar-refractivity contribution in [2.75, 3.05) is 0 Å². The average molecular weight is 813 g/mol. The lowest BCUT2D eigenvalue weighted by molar-refractivity contribution is 0.870. The molecule has 12 aromatic rings. The summed E-state index contributed by atoms with van der Waals surface area (Å²) in [5.74, 6) is 0.0690. The van der Waals surface area contributed by atoms with Crippen molar-refractivity contribution in [3.8, 4) is 34.4 Å². The highest BCUT2D eigenvalue weighted by atomic mass is 14.7. The lowest BCUT2D eigenvalue weighted by Gasteiger charge is -2.21. The van der Waals surface area contributed by atoms with Gasteiger partial charge in [-0.2, -0.15) is 10.5 Å². The Balaban J connectivity index is 1.43. The van der Waals surface area contributed by atoms with Crippen molar-refractivity contribution in [2.45, 2.75) is 39.5 Å². The van der Waals surface area contributed by atoms with Gasteiger partial charge in [-0.3, -0.25) is 0 Å². The van der Waals surface area contributed by atoms with Crippen molar-refractivity contribution < 1.29 is 0 Å². The summed E-state index contributed by atoms with van der Waals surface area (Å²) in [5.41, 5.74) is 6.93. The average Bonchev–Trinajstić information content (AvgIpc) is 3.81. The highest BCUT2D eigenvalue weighted by Crippen LogP contribution is 2.56. The van der Waals surface area contributed by atoms with E-state index in [0.29, 0.717) is 33.6 Å². The van der Waals surface area contributed by atoms with Crippen LogP contribution in [-0.4, -0.2) is 0 Å². The van der Waals surface area contributed by atoms with E-state index in [1.54, 1.807) is 0 Å². The van der Waals surface area contributed by atoms with Crippen LogP contribution in [0, 0.1) is 35.8 Å². The van der Waals surface area contributed by atoms with Crippen LogP contribution in [0.3, 0.4) is 0 Å². The topological polar surface area (TPSA) is 56.3 Å². The zero-order valence-electron chi connectivity index (χ0n) is 35.6. The Hall–Kier alpha value is -8.54. The van der Waals surface area contributed by atoms with Gasteiger partial charge in [-0.05, 0) is 179 Å². The van der Waals surface area contributed by atoms with E-state index in [1.807, 2.05) is 24.3 Å². The fourth-order valence-electron chi connectivity index (χ4n) is 11.2. The standard InChI is InChI=1S/C60H36N4/c1-31(2)43-23-35(29-61)45(27-53(43)63-5)57-51-26-48-47(41-19-11-17-39-37-15-9-7-13-33(37)21-49(48)55(39)41)25-50(51)58(46-28-54(64-6)44(32(3)4)24-36(46)30-62)60-52-22-34-14-8-10-16-38(34)40-18-12-20-42(56(40)52)59(57)60/h7-28,31-32H,1-4H3. The second-order valence-electron chi connectivity index (χ2n) is 17.9. The van der Waals surface area contributed by atoms with Crippen LogP contribution in [0.15, 0.2) is 133 Å². The molecule has 64 heavy (non-hydrogen) atoms. The monoisotopic (exact) mass is 812 g/mol. The van der Waals surface area contributed by atoms with Crippen molar-refractivity contribution in [3.05, 3.63) is 179 Å². The van der Waals surface area contributed by atoms with E-state index < -0.39 is 0 Å². The smallest absolute Gasteiger partial charge is 0.191 e. The zero-order valence-corrected chi connectivity index (χ0v) is 35.6. The molecule has 0 amide bonds. The molecule has 12 rings (SSSR count). The first-order chi connectivity index (χ1) is 31.2. The van der Waals surface area contributed by atoms with Gasteiger partial charge in [-0.25, -0.2) is 9.69 Å². The molecular formula is C60H36N4. The quantitative estimate of drug-likeness (QED) is 0.131. The molecule has 296 valence electrons. The van der Waals surface area contributed by atoms with Crippen molar-refractivity contribution in [2.24, 2.45) is 0 Å². The third kappa shape index (κ3) is 4.89. The van der Waals surface area contributed by atoms with Crippen LogP contribution in [0.1, 0.15) is 61.8 Å². The fourth-order valence-corrected chi connectivity index (χ4v) is 11.2. The predicted molar refractivity (Wildman–Crippen MR) is 267 cm³/mol. The second-order valence-corrected chi connectivity index (χ2v) is 17.9.